The number of aliphatic hydroxyl groups is 1. The Balaban J connectivity index is 1.55. The van der Waals surface area contributed by atoms with E-state index < -0.39 is 21.6 Å². The van der Waals surface area contributed by atoms with Crippen molar-refractivity contribution in [2.75, 3.05) is 41.9 Å². The summed E-state index contributed by atoms with van der Waals surface area (Å²) in [7, 11) is -3.77. The summed E-state index contributed by atoms with van der Waals surface area (Å²) >= 11 is 0. The smallest absolute Gasteiger partial charge is 0.253 e. The zero-order valence-corrected chi connectivity index (χ0v) is 20.3. The number of likely N-dealkylation sites (tertiary alicyclic amines) is 1. The number of aromatic nitrogens is 1. The van der Waals surface area contributed by atoms with Crippen LogP contribution in [0, 0.1) is 18.8 Å². The summed E-state index contributed by atoms with van der Waals surface area (Å²) < 4.78 is 59.7. The summed E-state index contributed by atoms with van der Waals surface area (Å²) in [5.74, 6) is -3.40. The fourth-order valence-electron chi connectivity index (χ4n) is 5.28. The number of aliphatic hydroxyl groups excluding tert-OH is 1. The molecule has 2 atom stereocenters. The molecule has 2 fully saturated rings. The monoisotopic (exact) mass is 493 g/mol. The Hall–Kier alpha value is -2.14. The number of alkyl halides is 2. The summed E-state index contributed by atoms with van der Waals surface area (Å²) in [6, 6.07) is 8.63. The van der Waals surface area contributed by atoms with Gasteiger partial charge in [0.25, 0.3) is 5.92 Å². The van der Waals surface area contributed by atoms with E-state index in [1.807, 2.05) is 6.07 Å². The molecule has 0 amide bonds. The molecule has 3 aliphatic rings. The minimum absolute atomic E-state index is 0.106. The maximum absolute atomic E-state index is 14.8. The molecule has 7 nitrogen and oxygen atoms in total. The molecule has 5 rings (SSSR count). The minimum atomic E-state index is -5.22. The largest absolute Gasteiger partial charge is 0.732 e. The maximum atomic E-state index is 14.8. The van der Waals surface area contributed by atoms with Crippen LogP contribution in [0.25, 0.3) is 0 Å². The molecule has 1 saturated heterocycles. The molecular weight excluding hydrogens is 462 g/mol. The molecule has 1 aliphatic carbocycles. The highest BCUT2D eigenvalue weighted by atomic mass is 32.3. The van der Waals surface area contributed by atoms with Crippen molar-refractivity contribution in [1.82, 2.24) is 9.88 Å². The van der Waals surface area contributed by atoms with Crippen molar-refractivity contribution in [3.63, 3.8) is 0 Å². The molecular formula is C24H31F2N4O3S-. The zero-order chi connectivity index (χ0) is 24.3. The number of fused-ring (bicyclic) bond motifs is 1. The Bertz CT molecular complexity index is 1180. The van der Waals surface area contributed by atoms with Crippen molar-refractivity contribution in [3.8, 4) is 0 Å². The second-order valence-corrected chi connectivity index (χ2v) is 12.9. The summed E-state index contributed by atoms with van der Waals surface area (Å²) in [5, 5.41) is 9.55. The number of sulfonamides is 2. The third-order valence-electron chi connectivity index (χ3n) is 7.44. The second-order valence-electron chi connectivity index (χ2n) is 9.89. The van der Waals surface area contributed by atoms with Crippen LogP contribution in [0.3, 0.4) is 0 Å². The molecule has 1 saturated carbocycles. The molecule has 10 heteroatoms. The number of piperidine rings is 1. The lowest BCUT2D eigenvalue weighted by atomic mass is 9.98. The molecule has 34 heavy (non-hydrogen) atoms. The first-order valence-corrected chi connectivity index (χ1v) is 13.5. The van der Waals surface area contributed by atoms with Crippen molar-refractivity contribution < 1.29 is 22.6 Å². The maximum Gasteiger partial charge on any atom is 0.253 e. The molecule has 0 spiro atoms. The van der Waals surface area contributed by atoms with Crippen LogP contribution in [0.5, 0.6) is 0 Å². The lowest BCUT2D eigenvalue weighted by Gasteiger charge is -2.62. The van der Waals surface area contributed by atoms with Crippen LogP contribution in [0.2, 0.25) is 0 Å². The first-order valence-electron chi connectivity index (χ1n) is 11.7. The zero-order valence-electron chi connectivity index (χ0n) is 19.5. The number of hydrogen-bond acceptors (Lipinski definition) is 5. The Labute approximate surface area is 198 Å². The van der Waals surface area contributed by atoms with Crippen LogP contribution in [-0.2, 0) is 16.3 Å². The fourth-order valence-corrected chi connectivity index (χ4v) is 8.46. The van der Waals surface area contributed by atoms with Crippen LogP contribution in [0.4, 0.5) is 20.3 Å². The molecule has 0 bridgehead atoms. The molecule has 0 radical (unpaired) electrons. The van der Waals surface area contributed by atoms with E-state index in [-0.39, 0.29) is 36.2 Å². The highest BCUT2D eigenvalue weighted by molar-refractivity contribution is 8.17. The van der Waals surface area contributed by atoms with Gasteiger partial charge >= 0.3 is 0 Å². The minimum Gasteiger partial charge on any atom is -0.732 e. The van der Waals surface area contributed by atoms with E-state index in [0.29, 0.717) is 17.8 Å². The van der Waals surface area contributed by atoms with Crippen LogP contribution < -0.4 is 8.61 Å². The normalized spacial score (nSPS) is 28.2. The SMILES string of the molecule is Cc1ccc(CN2CCCC(CO)C2)cc1S1(=O)([O-])N(C)c2ncccc2N1CC1CC1(F)F. The molecule has 1 aromatic heterocycles. The average molecular weight is 494 g/mol. The van der Waals surface area contributed by atoms with Crippen LogP contribution in [0.1, 0.15) is 30.4 Å². The third kappa shape index (κ3) is 3.62. The van der Waals surface area contributed by atoms with Crippen molar-refractivity contribution in [2.45, 2.75) is 43.5 Å². The van der Waals surface area contributed by atoms with E-state index in [9.17, 15) is 22.6 Å². The van der Waals surface area contributed by atoms with Gasteiger partial charge in [-0.2, -0.15) is 9.72 Å². The summed E-state index contributed by atoms with van der Waals surface area (Å²) in [6.45, 7) is 3.78. The van der Waals surface area contributed by atoms with Crippen LogP contribution in [0.15, 0.2) is 41.4 Å². The number of aryl methyl sites for hydroxylation is 1. The third-order valence-corrected chi connectivity index (χ3v) is 10.9. The highest BCUT2D eigenvalue weighted by Crippen LogP contribution is 2.57. The van der Waals surface area contributed by atoms with Crippen LogP contribution >= 0.6 is 0 Å². The lowest BCUT2D eigenvalue weighted by Crippen LogP contribution is -2.58. The van der Waals surface area contributed by atoms with Crippen molar-refractivity contribution >= 4 is 21.2 Å². The quantitative estimate of drug-likeness (QED) is 0.668. The van der Waals surface area contributed by atoms with Gasteiger partial charge in [0.1, 0.15) is 0 Å². The van der Waals surface area contributed by atoms with Crippen LogP contribution in [-0.4, -0.2) is 63.0 Å². The number of nitrogens with zero attached hydrogens (tertiary/aromatic N) is 4. The number of halogens is 2. The van der Waals surface area contributed by atoms with Gasteiger partial charge in [0, 0.05) is 51.8 Å². The van der Waals surface area contributed by atoms with Gasteiger partial charge in [-0.1, -0.05) is 12.1 Å². The van der Waals surface area contributed by atoms with Crippen molar-refractivity contribution in [2.24, 2.45) is 11.8 Å². The van der Waals surface area contributed by atoms with E-state index in [0.717, 1.165) is 40.1 Å². The van der Waals surface area contributed by atoms with E-state index in [1.165, 1.54) is 13.2 Å². The predicted octanol–water partition coefficient (Wildman–Crippen LogP) is 3.35. The molecule has 1 N–H and O–H groups in total. The van der Waals surface area contributed by atoms with Crippen molar-refractivity contribution in [1.29, 1.82) is 0 Å². The van der Waals surface area contributed by atoms with E-state index in [1.54, 1.807) is 31.2 Å². The number of hydrogen-bond donors (Lipinski definition) is 1. The molecule has 1 aromatic carbocycles. The first kappa shape index (κ1) is 23.6. The topological polar surface area (TPSA) is 83.0 Å². The molecule has 186 valence electrons. The Morgan fingerprint density at radius 1 is 1.32 bits per heavy atom. The Kier molecular flexibility index (Phi) is 5.51. The van der Waals surface area contributed by atoms with Gasteiger partial charge in [-0.05, 0) is 61.6 Å². The summed E-state index contributed by atoms with van der Waals surface area (Å²) in [4.78, 5) is 6.61. The molecule has 2 aromatic rings. The average Bonchev–Trinajstić information content (AvgIpc) is 3.38. The molecule has 3 heterocycles. The van der Waals surface area contributed by atoms with E-state index in [4.69, 9.17) is 0 Å². The van der Waals surface area contributed by atoms with Crippen molar-refractivity contribution in [3.05, 3.63) is 47.7 Å². The van der Waals surface area contributed by atoms with Gasteiger partial charge in [-0.3, -0.25) is 13.5 Å². The lowest BCUT2D eigenvalue weighted by molar-refractivity contribution is 0.101. The van der Waals surface area contributed by atoms with Gasteiger partial charge < -0.3 is 9.66 Å². The van der Waals surface area contributed by atoms with E-state index in [2.05, 4.69) is 9.88 Å². The van der Waals surface area contributed by atoms with Gasteiger partial charge in [0.15, 0.2) is 5.82 Å². The number of rotatable bonds is 6. The predicted molar refractivity (Wildman–Crippen MR) is 126 cm³/mol. The van der Waals surface area contributed by atoms with E-state index >= 15 is 0 Å². The number of pyridine rings is 1. The summed E-state index contributed by atoms with van der Waals surface area (Å²) in [6.07, 6.45) is 3.17. The molecule has 2 aliphatic heterocycles. The second kappa shape index (κ2) is 7.94. The first-order chi connectivity index (χ1) is 16.0. The molecule has 2 unspecified atom stereocenters. The Morgan fingerprint density at radius 2 is 2.09 bits per heavy atom. The standard InChI is InChI=1S/C24H32F2N4O3S/c1-17-7-8-18(13-29-10-4-5-19(14-29)16-31)11-22(17)34(32,33)28(2)23-21(6-3-9-27-23)30(34)15-20-12-24(20,25)26/h3,6-9,11,19-20,31H,4-5,10,12-16H2,1-2H3,(H,32,33)/p-1. The Morgan fingerprint density at radius 3 is 2.79 bits per heavy atom. The fraction of sp³-hybridized carbons (Fsp3) is 0.542. The number of anilines is 2. The highest BCUT2D eigenvalue weighted by Gasteiger charge is 2.59. The van der Waals surface area contributed by atoms with Gasteiger partial charge in [0.05, 0.1) is 10.6 Å². The van der Waals surface area contributed by atoms with Gasteiger partial charge in [-0.25, -0.2) is 18.0 Å². The van der Waals surface area contributed by atoms with Gasteiger partial charge in [0.2, 0.25) is 0 Å². The summed E-state index contributed by atoms with van der Waals surface area (Å²) in [5.41, 5.74) is 1.71. The number of benzene rings is 1. The van der Waals surface area contributed by atoms with Gasteiger partial charge in [-0.15, -0.1) is 0 Å².